The molecule has 0 saturated heterocycles. The standard InChI is InChI=1S/C13H16O2/c14-9-4-10-15-13-8-3-6-11-5-1-2-7-12(11)13/h1-2,5,7,9,13H,3-4,6,8,10H2. The van der Waals surface area contributed by atoms with Gasteiger partial charge in [-0.3, -0.25) is 0 Å². The van der Waals surface area contributed by atoms with E-state index in [1.165, 1.54) is 17.5 Å². The summed E-state index contributed by atoms with van der Waals surface area (Å²) in [6.07, 6.45) is 5.03. The summed E-state index contributed by atoms with van der Waals surface area (Å²) in [6.45, 7) is 0.544. The zero-order chi connectivity index (χ0) is 10.5. The third kappa shape index (κ3) is 2.45. The van der Waals surface area contributed by atoms with E-state index in [9.17, 15) is 4.79 Å². The fourth-order valence-electron chi connectivity index (χ4n) is 2.14. The van der Waals surface area contributed by atoms with Gasteiger partial charge in [0.2, 0.25) is 0 Å². The van der Waals surface area contributed by atoms with E-state index in [1.54, 1.807) is 0 Å². The minimum absolute atomic E-state index is 0.204. The van der Waals surface area contributed by atoms with Gasteiger partial charge in [0.25, 0.3) is 0 Å². The van der Waals surface area contributed by atoms with Crippen molar-refractivity contribution in [3.63, 3.8) is 0 Å². The van der Waals surface area contributed by atoms with Crippen molar-refractivity contribution < 1.29 is 9.53 Å². The van der Waals surface area contributed by atoms with Crippen LogP contribution in [0.2, 0.25) is 0 Å². The summed E-state index contributed by atoms with van der Waals surface area (Å²) in [4.78, 5) is 10.2. The number of hydrogen-bond acceptors (Lipinski definition) is 2. The molecule has 1 aromatic rings. The number of carbonyl (C=O) groups is 1. The van der Waals surface area contributed by atoms with Crippen LogP contribution in [-0.4, -0.2) is 12.9 Å². The van der Waals surface area contributed by atoms with Crippen molar-refractivity contribution in [1.82, 2.24) is 0 Å². The SMILES string of the molecule is O=CCCOC1CCCc2ccccc21. The Balaban J connectivity index is 2.05. The van der Waals surface area contributed by atoms with Crippen LogP contribution in [0.3, 0.4) is 0 Å². The first-order chi connectivity index (χ1) is 7.42. The average Bonchev–Trinajstić information content (AvgIpc) is 2.30. The van der Waals surface area contributed by atoms with Gasteiger partial charge in [-0.25, -0.2) is 0 Å². The molecule has 0 fully saturated rings. The Morgan fingerprint density at radius 3 is 3.13 bits per heavy atom. The number of aryl methyl sites for hydroxylation is 1. The van der Waals surface area contributed by atoms with Crippen molar-refractivity contribution in [3.05, 3.63) is 35.4 Å². The molecule has 0 aromatic heterocycles. The van der Waals surface area contributed by atoms with Crippen LogP contribution in [0, 0.1) is 0 Å². The zero-order valence-corrected chi connectivity index (χ0v) is 8.82. The van der Waals surface area contributed by atoms with Crippen molar-refractivity contribution in [2.75, 3.05) is 6.61 Å². The van der Waals surface area contributed by atoms with Crippen LogP contribution in [0.15, 0.2) is 24.3 Å². The monoisotopic (exact) mass is 204 g/mol. The number of ether oxygens (including phenoxy) is 1. The van der Waals surface area contributed by atoms with E-state index < -0.39 is 0 Å². The molecule has 2 nitrogen and oxygen atoms in total. The highest BCUT2D eigenvalue weighted by Crippen LogP contribution is 2.32. The van der Waals surface area contributed by atoms with Gasteiger partial charge in [-0.05, 0) is 30.4 Å². The van der Waals surface area contributed by atoms with Crippen molar-refractivity contribution >= 4 is 6.29 Å². The molecule has 15 heavy (non-hydrogen) atoms. The predicted molar refractivity (Wildman–Crippen MR) is 58.8 cm³/mol. The van der Waals surface area contributed by atoms with Gasteiger partial charge in [0.15, 0.2) is 0 Å². The molecule has 0 bridgehead atoms. The van der Waals surface area contributed by atoms with Crippen LogP contribution >= 0.6 is 0 Å². The third-order valence-corrected chi connectivity index (χ3v) is 2.87. The largest absolute Gasteiger partial charge is 0.373 e. The van der Waals surface area contributed by atoms with Gasteiger partial charge in [0.1, 0.15) is 6.29 Å². The molecule has 0 saturated carbocycles. The second-order valence-corrected chi connectivity index (χ2v) is 3.91. The van der Waals surface area contributed by atoms with Crippen LogP contribution in [-0.2, 0) is 16.0 Å². The predicted octanol–water partition coefficient (Wildman–Crippen LogP) is 2.67. The number of hydrogen-bond donors (Lipinski definition) is 0. The van der Waals surface area contributed by atoms with Crippen LogP contribution in [0.5, 0.6) is 0 Å². The molecule has 1 aliphatic rings. The van der Waals surface area contributed by atoms with Gasteiger partial charge >= 0.3 is 0 Å². The molecule has 1 aromatic carbocycles. The molecular weight excluding hydrogens is 188 g/mol. The minimum atomic E-state index is 0.204. The first-order valence-electron chi connectivity index (χ1n) is 5.55. The summed E-state index contributed by atoms with van der Waals surface area (Å²) >= 11 is 0. The van der Waals surface area contributed by atoms with E-state index in [4.69, 9.17) is 4.74 Å². The van der Waals surface area contributed by atoms with E-state index in [1.807, 2.05) is 0 Å². The van der Waals surface area contributed by atoms with Gasteiger partial charge in [-0.1, -0.05) is 24.3 Å². The first kappa shape index (κ1) is 10.4. The molecule has 0 aliphatic heterocycles. The Labute approximate surface area is 90.3 Å². The highest BCUT2D eigenvalue weighted by atomic mass is 16.5. The normalized spacial score (nSPS) is 19.6. The lowest BCUT2D eigenvalue weighted by Gasteiger charge is -2.25. The second kappa shape index (κ2) is 5.08. The fraction of sp³-hybridized carbons (Fsp3) is 0.462. The maximum atomic E-state index is 10.2. The topological polar surface area (TPSA) is 26.3 Å². The lowest BCUT2D eigenvalue weighted by Crippen LogP contribution is -2.13. The number of carbonyl (C=O) groups excluding carboxylic acids is 1. The summed E-state index contributed by atoms with van der Waals surface area (Å²) in [6, 6.07) is 8.44. The van der Waals surface area contributed by atoms with E-state index in [0.29, 0.717) is 13.0 Å². The van der Waals surface area contributed by atoms with Gasteiger partial charge < -0.3 is 9.53 Å². The van der Waals surface area contributed by atoms with Crippen molar-refractivity contribution in [1.29, 1.82) is 0 Å². The lowest BCUT2D eigenvalue weighted by molar-refractivity contribution is -0.109. The number of fused-ring (bicyclic) bond motifs is 1. The molecule has 0 radical (unpaired) electrons. The molecule has 1 atom stereocenters. The Kier molecular flexibility index (Phi) is 3.51. The maximum Gasteiger partial charge on any atom is 0.122 e. The fourth-order valence-corrected chi connectivity index (χ4v) is 2.14. The van der Waals surface area contributed by atoms with Crippen LogP contribution < -0.4 is 0 Å². The average molecular weight is 204 g/mol. The zero-order valence-electron chi connectivity index (χ0n) is 8.82. The van der Waals surface area contributed by atoms with E-state index in [-0.39, 0.29) is 6.10 Å². The van der Waals surface area contributed by atoms with Gasteiger partial charge in [-0.2, -0.15) is 0 Å². The molecule has 1 unspecified atom stereocenters. The first-order valence-corrected chi connectivity index (χ1v) is 5.55. The summed E-state index contributed by atoms with van der Waals surface area (Å²) in [5.74, 6) is 0. The molecule has 80 valence electrons. The molecule has 0 amide bonds. The number of rotatable bonds is 4. The molecule has 0 heterocycles. The number of benzene rings is 1. The highest BCUT2D eigenvalue weighted by Gasteiger charge is 2.19. The molecule has 0 N–H and O–H groups in total. The van der Waals surface area contributed by atoms with E-state index in [2.05, 4.69) is 24.3 Å². The second-order valence-electron chi connectivity index (χ2n) is 3.91. The molecule has 1 aliphatic carbocycles. The maximum absolute atomic E-state index is 10.2. The number of aldehydes is 1. The smallest absolute Gasteiger partial charge is 0.122 e. The van der Waals surface area contributed by atoms with Crippen molar-refractivity contribution in [2.24, 2.45) is 0 Å². The summed E-state index contributed by atoms with van der Waals surface area (Å²) in [5, 5.41) is 0. The van der Waals surface area contributed by atoms with E-state index in [0.717, 1.165) is 19.1 Å². The van der Waals surface area contributed by atoms with Crippen molar-refractivity contribution in [3.8, 4) is 0 Å². The molecule has 0 spiro atoms. The third-order valence-electron chi connectivity index (χ3n) is 2.87. The minimum Gasteiger partial charge on any atom is -0.373 e. The van der Waals surface area contributed by atoms with Gasteiger partial charge in [0, 0.05) is 6.42 Å². The summed E-state index contributed by atoms with van der Waals surface area (Å²) in [5.41, 5.74) is 2.72. The molecular formula is C13H16O2. The Morgan fingerprint density at radius 2 is 2.27 bits per heavy atom. The Hall–Kier alpha value is -1.15. The molecule has 2 rings (SSSR count). The van der Waals surface area contributed by atoms with Crippen LogP contribution in [0.25, 0.3) is 0 Å². The Bertz CT molecular complexity index is 333. The summed E-state index contributed by atoms with van der Waals surface area (Å²) in [7, 11) is 0. The van der Waals surface area contributed by atoms with Gasteiger partial charge in [0.05, 0.1) is 12.7 Å². The van der Waals surface area contributed by atoms with Crippen LogP contribution in [0.4, 0.5) is 0 Å². The lowest BCUT2D eigenvalue weighted by atomic mass is 9.89. The van der Waals surface area contributed by atoms with Crippen molar-refractivity contribution in [2.45, 2.75) is 31.8 Å². The van der Waals surface area contributed by atoms with Crippen LogP contribution in [0.1, 0.15) is 36.5 Å². The van der Waals surface area contributed by atoms with Gasteiger partial charge in [-0.15, -0.1) is 0 Å². The highest BCUT2D eigenvalue weighted by molar-refractivity contribution is 5.49. The van der Waals surface area contributed by atoms with E-state index >= 15 is 0 Å². The molecule has 2 heteroatoms. The Morgan fingerprint density at radius 1 is 1.40 bits per heavy atom. The summed E-state index contributed by atoms with van der Waals surface area (Å²) < 4.78 is 5.72. The quantitative estimate of drug-likeness (QED) is 0.556.